The summed E-state index contributed by atoms with van der Waals surface area (Å²) in [6.45, 7) is 9.69. The molecule has 0 spiro atoms. The van der Waals surface area contributed by atoms with Gasteiger partial charge in [0, 0.05) is 25.4 Å². The molecule has 2 rings (SSSR count). The zero-order valence-corrected chi connectivity index (χ0v) is 14.1. The molecule has 4 heteroatoms. The number of aliphatic hydroxyl groups is 1. The summed E-state index contributed by atoms with van der Waals surface area (Å²) in [5.41, 5.74) is -0.705. The van der Waals surface area contributed by atoms with Crippen LogP contribution < -0.4 is 0 Å². The monoisotopic (exact) mass is 296 g/mol. The summed E-state index contributed by atoms with van der Waals surface area (Å²) in [7, 11) is 2.17. The van der Waals surface area contributed by atoms with Crippen molar-refractivity contribution in [1.29, 1.82) is 0 Å². The molecule has 0 saturated carbocycles. The maximum Gasteiger partial charge on any atom is 0.222 e. The van der Waals surface area contributed by atoms with Crippen LogP contribution in [0.3, 0.4) is 0 Å². The van der Waals surface area contributed by atoms with E-state index in [1.54, 1.807) is 0 Å². The van der Waals surface area contributed by atoms with Crippen LogP contribution in [0.2, 0.25) is 0 Å². The van der Waals surface area contributed by atoms with Crippen LogP contribution in [0, 0.1) is 17.8 Å². The van der Waals surface area contributed by atoms with Gasteiger partial charge in [0.05, 0.1) is 5.60 Å². The summed E-state index contributed by atoms with van der Waals surface area (Å²) in [5.74, 6) is 1.30. The maximum absolute atomic E-state index is 12.4. The summed E-state index contributed by atoms with van der Waals surface area (Å²) >= 11 is 0. The van der Waals surface area contributed by atoms with Crippen LogP contribution in [-0.4, -0.2) is 59.6 Å². The van der Waals surface area contributed by atoms with Gasteiger partial charge in [-0.3, -0.25) is 4.79 Å². The Morgan fingerprint density at radius 1 is 1.33 bits per heavy atom. The van der Waals surface area contributed by atoms with Crippen LogP contribution in [0.25, 0.3) is 0 Å². The van der Waals surface area contributed by atoms with Gasteiger partial charge in [-0.05, 0) is 51.2 Å². The molecule has 2 saturated heterocycles. The van der Waals surface area contributed by atoms with Gasteiger partial charge in [0.2, 0.25) is 5.91 Å². The van der Waals surface area contributed by atoms with Crippen molar-refractivity contribution < 1.29 is 9.90 Å². The van der Waals surface area contributed by atoms with Gasteiger partial charge in [0.15, 0.2) is 0 Å². The van der Waals surface area contributed by atoms with Crippen molar-refractivity contribution in [3.63, 3.8) is 0 Å². The number of rotatable bonds is 4. The zero-order chi connectivity index (χ0) is 15.6. The smallest absolute Gasteiger partial charge is 0.222 e. The topological polar surface area (TPSA) is 43.8 Å². The molecule has 2 aliphatic rings. The molecule has 122 valence electrons. The predicted octanol–water partition coefficient (Wildman–Crippen LogP) is 1.97. The van der Waals surface area contributed by atoms with Gasteiger partial charge in [-0.25, -0.2) is 0 Å². The first kappa shape index (κ1) is 16.8. The van der Waals surface area contributed by atoms with Crippen molar-refractivity contribution in [1.82, 2.24) is 9.80 Å². The summed E-state index contributed by atoms with van der Waals surface area (Å²) in [4.78, 5) is 16.7. The molecule has 0 bridgehead atoms. The summed E-state index contributed by atoms with van der Waals surface area (Å²) < 4.78 is 0. The SMILES string of the molecule is CC(C)C1(O)CN(C(=O)CCC2CCN(C)CC2)CC1C. The Morgan fingerprint density at radius 2 is 1.95 bits per heavy atom. The molecule has 2 unspecified atom stereocenters. The third kappa shape index (κ3) is 3.78. The molecule has 0 aliphatic carbocycles. The van der Waals surface area contributed by atoms with Crippen LogP contribution >= 0.6 is 0 Å². The fourth-order valence-corrected chi connectivity index (χ4v) is 3.79. The minimum atomic E-state index is -0.705. The molecular weight excluding hydrogens is 264 g/mol. The van der Waals surface area contributed by atoms with E-state index in [9.17, 15) is 9.90 Å². The lowest BCUT2D eigenvalue weighted by molar-refractivity contribution is -0.131. The van der Waals surface area contributed by atoms with Crippen LogP contribution in [-0.2, 0) is 4.79 Å². The molecule has 2 atom stereocenters. The minimum absolute atomic E-state index is 0.171. The van der Waals surface area contributed by atoms with Crippen molar-refractivity contribution >= 4 is 5.91 Å². The largest absolute Gasteiger partial charge is 0.387 e. The molecule has 2 heterocycles. The highest BCUT2D eigenvalue weighted by molar-refractivity contribution is 5.76. The van der Waals surface area contributed by atoms with Gasteiger partial charge in [-0.1, -0.05) is 20.8 Å². The average molecular weight is 296 g/mol. The van der Waals surface area contributed by atoms with Gasteiger partial charge in [0.25, 0.3) is 0 Å². The molecular formula is C17H32N2O2. The predicted molar refractivity (Wildman–Crippen MR) is 85.0 cm³/mol. The molecule has 1 N–H and O–H groups in total. The molecule has 0 radical (unpaired) electrons. The lowest BCUT2D eigenvalue weighted by Gasteiger charge is -2.31. The first-order valence-electron chi connectivity index (χ1n) is 8.51. The lowest BCUT2D eigenvalue weighted by Crippen LogP contribution is -2.43. The average Bonchev–Trinajstić information content (AvgIpc) is 2.75. The van der Waals surface area contributed by atoms with Crippen molar-refractivity contribution in [3.8, 4) is 0 Å². The second-order valence-corrected chi connectivity index (χ2v) is 7.61. The van der Waals surface area contributed by atoms with Crippen molar-refractivity contribution in [2.24, 2.45) is 17.8 Å². The Morgan fingerprint density at radius 3 is 2.48 bits per heavy atom. The van der Waals surface area contributed by atoms with E-state index in [4.69, 9.17) is 0 Å². The third-order valence-corrected chi connectivity index (χ3v) is 5.75. The molecule has 4 nitrogen and oxygen atoms in total. The molecule has 0 aromatic carbocycles. The van der Waals surface area contributed by atoms with Gasteiger partial charge in [-0.2, -0.15) is 0 Å². The number of β-amino-alcohol motifs (C(OH)–C–C–N with tert-alkyl or cyclic N) is 1. The van der Waals surface area contributed by atoms with Gasteiger partial charge >= 0.3 is 0 Å². The number of carbonyl (C=O) groups is 1. The van der Waals surface area contributed by atoms with Crippen molar-refractivity contribution in [2.45, 2.75) is 52.1 Å². The standard InChI is InChI=1S/C17H32N2O2/c1-13(2)17(21)12-19(11-14(17)3)16(20)6-5-15-7-9-18(4)10-8-15/h13-15,21H,5-12H2,1-4H3. The van der Waals surface area contributed by atoms with E-state index in [-0.39, 0.29) is 17.7 Å². The van der Waals surface area contributed by atoms with E-state index in [0.717, 1.165) is 19.5 Å². The lowest BCUT2D eigenvalue weighted by atomic mass is 9.82. The highest BCUT2D eigenvalue weighted by atomic mass is 16.3. The van der Waals surface area contributed by atoms with Crippen molar-refractivity contribution in [3.05, 3.63) is 0 Å². The highest BCUT2D eigenvalue weighted by Gasteiger charge is 2.46. The third-order valence-electron chi connectivity index (χ3n) is 5.75. The van der Waals surface area contributed by atoms with Crippen molar-refractivity contribution in [2.75, 3.05) is 33.2 Å². The maximum atomic E-state index is 12.4. The summed E-state index contributed by atoms with van der Waals surface area (Å²) in [6, 6.07) is 0. The Hall–Kier alpha value is -0.610. The van der Waals surface area contributed by atoms with E-state index >= 15 is 0 Å². The second kappa shape index (κ2) is 6.66. The van der Waals surface area contributed by atoms with E-state index in [1.807, 2.05) is 18.7 Å². The van der Waals surface area contributed by atoms with Crippen LogP contribution in [0.4, 0.5) is 0 Å². The normalized spacial score (nSPS) is 32.1. The van der Waals surface area contributed by atoms with E-state index in [1.165, 1.54) is 12.8 Å². The summed E-state index contributed by atoms with van der Waals surface area (Å²) in [5, 5.41) is 10.7. The Kier molecular flexibility index (Phi) is 5.31. The minimum Gasteiger partial charge on any atom is -0.387 e. The number of carbonyl (C=O) groups excluding carboxylic acids is 1. The fraction of sp³-hybridized carbons (Fsp3) is 0.941. The van der Waals surface area contributed by atoms with Gasteiger partial charge in [0.1, 0.15) is 0 Å². The molecule has 2 fully saturated rings. The fourth-order valence-electron chi connectivity index (χ4n) is 3.79. The van der Waals surface area contributed by atoms with Crippen LogP contribution in [0.15, 0.2) is 0 Å². The first-order valence-corrected chi connectivity index (χ1v) is 8.51. The quantitative estimate of drug-likeness (QED) is 0.862. The molecule has 21 heavy (non-hydrogen) atoms. The van der Waals surface area contributed by atoms with E-state index in [2.05, 4.69) is 18.9 Å². The van der Waals surface area contributed by atoms with E-state index < -0.39 is 5.60 Å². The number of hydrogen-bond acceptors (Lipinski definition) is 3. The molecule has 0 aromatic heterocycles. The summed E-state index contributed by atoms with van der Waals surface area (Å²) in [6.07, 6.45) is 4.10. The van der Waals surface area contributed by atoms with Crippen LogP contribution in [0.1, 0.15) is 46.5 Å². The second-order valence-electron chi connectivity index (χ2n) is 7.61. The number of piperidine rings is 1. The highest BCUT2D eigenvalue weighted by Crippen LogP contribution is 2.34. The Balaban J connectivity index is 1.79. The first-order chi connectivity index (χ1) is 9.83. The zero-order valence-electron chi connectivity index (χ0n) is 14.1. The Labute approximate surface area is 129 Å². The van der Waals surface area contributed by atoms with Crippen LogP contribution in [0.5, 0.6) is 0 Å². The molecule has 1 amide bonds. The molecule has 0 aromatic rings. The number of amides is 1. The number of hydrogen-bond donors (Lipinski definition) is 1. The Bertz CT molecular complexity index is 364. The number of likely N-dealkylation sites (tertiary alicyclic amines) is 2. The van der Waals surface area contributed by atoms with Gasteiger partial charge < -0.3 is 14.9 Å². The van der Waals surface area contributed by atoms with E-state index in [0.29, 0.717) is 25.4 Å². The number of nitrogens with zero attached hydrogens (tertiary/aromatic N) is 2. The molecule has 2 aliphatic heterocycles. The van der Waals surface area contributed by atoms with Gasteiger partial charge in [-0.15, -0.1) is 0 Å².